The Labute approximate surface area is 246 Å². The number of benzene rings is 2. The fourth-order valence-corrected chi connectivity index (χ4v) is 5.26. The number of ether oxygens (including phenoxy) is 1. The third kappa shape index (κ3) is 7.60. The third-order valence-electron chi connectivity index (χ3n) is 7.17. The van der Waals surface area contributed by atoms with Crippen molar-refractivity contribution < 1.29 is 49.0 Å². The predicted molar refractivity (Wildman–Crippen MR) is 140 cm³/mol. The number of hydrazine groups is 2. The van der Waals surface area contributed by atoms with Gasteiger partial charge in [-0.15, -0.1) is 10.2 Å². The lowest BCUT2D eigenvalue weighted by molar-refractivity contribution is -0.143. The molecule has 2 aliphatic rings. The van der Waals surface area contributed by atoms with Gasteiger partial charge in [-0.05, 0) is 60.7 Å². The van der Waals surface area contributed by atoms with E-state index in [0.717, 1.165) is 6.07 Å². The number of anilines is 1. The van der Waals surface area contributed by atoms with Gasteiger partial charge in [0.25, 0.3) is 0 Å². The van der Waals surface area contributed by atoms with Crippen molar-refractivity contribution in [1.82, 2.24) is 21.0 Å². The highest BCUT2D eigenvalue weighted by atomic mass is 19.4. The van der Waals surface area contributed by atoms with E-state index in [0.29, 0.717) is 24.1 Å². The summed E-state index contributed by atoms with van der Waals surface area (Å²) in [5, 5.41) is 5.40. The standard InChI is InChI=1S/C27H29F9N6O2/c1-15-9-20-22(5-4-6-41(7-8-44-16(2)43)23(20)13-21(15)27(34,35)36)42(24-37-39-40(3)38-24)14-17-10-18(25(28,29)30)12-19(11-17)26(31,32)33/h9-13,22,39H,4-8,14H2,1-3H3,(H,37,38)/t22-/m0/s1. The van der Waals surface area contributed by atoms with E-state index in [-0.39, 0.29) is 55.0 Å². The molecule has 2 heterocycles. The first kappa shape index (κ1) is 33.0. The minimum absolute atomic E-state index is 0.0263. The maximum Gasteiger partial charge on any atom is 0.416 e. The number of rotatable bonds is 6. The molecule has 0 amide bonds. The molecule has 2 N–H and O–H groups in total. The Bertz CT molecular complexity index is 1380. The topological polar surface area (TPSA) is 72.4 Å². The van der Waals surface area contributed by atoms with Crippen LogP contribution in [-0.2, 0) is 34.6 Å². The Balaban J connectivity index is 1.86. The van der Waals surface area contributed by atoms with E-state index in [1.54, 1.807) is 4.90 Å². The molecule has 0 bridgehead atoms. The van der Waals surface area contributed by atoms with Crippen LogP contribution in [0.3, 0.4) is 0 Å². The first-order valence-corrected chi connectivity index (χ1v) is 13.3. The molecule has 4 rings (SSSR count). The summed E-state index contributed by atoms with van der Waals surface area (Å²) in [5.41, 5.74) is 1.51. The number of carbonyl (C=O) groups is 1. The van der Waals surface area contributed by atoms with E-state index < -0.39 is 53.8 Å². The van der Waals surface area contributed by atoms with Gasteiger partial charge in [-0.1, -0.05) is 6.07 Å². The van der Waals surface area contributed by atoms with Crippen LogP contribution in [0.4, 0.5) is 45.2 Å². The smallest absolute Gasteiger partial charge is 0.416 e. The molecule has 0 aliphatic carbocycles. The average molecular weight is 641 g/mol. The lowest BCUT2D eigenvalue weighted by Gasteiger charge is -2.35. The maximum atomic E-state index is 14.0. The largest absolute Gasteiger partial charge is 0.464 e. The van der Waals surface area contributed by atoms with Crippen molar-refractivity contribution in [3.63, 3.8) is 0 Å². The second-order valence-electron chi connectivity index (χ2n) is 10.5. The molecule has 242 valence electrons. The minimum atomic E-state index is -5.08. The first-order valence-electron chi connectivity index (χ1n) is 13.3. The quantitative estimate of drug-likeness (QED) is 0.297. The predicted octanol–water partition coefficient (Wildman–Crippen LogP) is 5.98. The molecule has 0 fully saturated rings. The number of hydrazone groups is 1. The van der Waals surface area contributed by atoms with Gasteiger partial charge in [0.05, 0.1) is 29.3 Å². The van der Waals surface area contributed by atoms with Gasteiger partial charge in [0.15, 0.2) is 0 Å². The van der Waals surface area contributed by atoms with Gasteiger partial charge < -0.3 is 14.5 Å². The van der Waals surface area contributed by atoms with Crippen LogP contribution in [0.15, 0.2) is 35.4 Å². The van der Waals surface area contributed by atoms with Gasteiger partial charge in [-0.3, -0.25) is 10.2 Å². The van der Waals surface area contributed by atoms with Gasteiger partial charge in [-0.2, -0.15) is 39.5 Å². The Morgan fingerprint density at radius 1 is 1.00 bits per heavy atom. The molecular formula is C27H29F9N6O2. The molecular weight excluding hydrogens is 611 g/mol. The monoisotopic (exact) mass is 640 g/mol. The number of hydrogen-bond donors (Lipinski definition) is 2. The normalized spacial score (nSPS) is 17.8. The average Bonchev–Trinajstić information content (AvgIpc) is 3.25. The molecule has 0 radical (unpaired) electrons. The van der Waals surface area contributed by atoms with Crippen LogP contribution >= 0.6 is 0 Å². The number of aryl methyl sites for hydroxylation is 1. The summed E-state index contributed by atoms with van der Waals surface area (Å²) in [5.74, 6) is -0.550. The van der Waals surface area contributed by atoms with Crippen LogP contribution in [0.2, 0.25) is 0 Å². The fraction of sp³-hybridized carbons (Fsp3) is 0.481. The van der Waals surface area contributed by atoms with E-state index in [1.807, 2.05) is 0 Å². The van der Waals surface area contributed by atoms with Crippen molar-refractivity contribution in [3.8, 4) is 0 Å². The molecule has 0 saturated carbocycles. The van der Waals surface area contributed by atoms with E-state index in [9.17, 15) is 44.3 Å². The maximum absolute atomic E-state index is 14.0. The number of nitrogens with zero attached hydrogens (tertiary/aromatic N) is 4. The fourth-order valence-electron chi connectivity index (χ4n) is 5.26. The number of fused-ring (bicyclic) bond motifs is 1. The van der Waals surface area contributed by atoms with Gasteiger partial charge in [0, 0.05) is 32.7 Å². The number of guanidine groups is 1. The van der Waals surface area contributed by atoms with E-state index in [1.165, 1.54) is 37.0 Å². The molecule has 0 aromatic heterocycles. The van der Waals surface area contributed by atoms with Crippen LogP contribution in [0.25, 0.3) is 0 Å². The Morgan fingerprint density at radius 2 is 1.64 bits per heavy atom. The SMILES string of the molecule is CC(=O)OCCN1CCC[C@H](N(Cc2cc(C(F)(F)F)cc(C(F)(F)F)c2)C2=NNN(C)N2)c2cc(C)c(C(F)(F)F)cc21. The highest BCUT2D eigenvalue weighted by molar-refractivity contribution is 5.81. The Hall–Kier alpha value is -3.89. The summed E-state index contributed by atoms with van der Waals surface area (Å²) in [7, 11) is 1.51. The zero-order chi connectivity index (χ0) is 32.6. The number of esters is 1. The van der Waals surface area contributed by atoms with Crippen LogP contribution in [-0.4, -0.2) is 48.7 Å². The van der Waals surface area contributed by atoms with Crippen molar-refractivity contribution in [2.24, 2.45) is 5.10 Å². The number of hydrogen-bond acceptors (Lipinski definition) is 8. The number of nitrogens with one attached hydrogen (secondary N) is 2. The highest BCUT2D eigenvalue weighted by Gasteiger charge is 2.40. The summed E-state index contributed by atoms with van der Waals surface area (Å²) in [4.78, 5) is 14.4. The van der Waals surface area contributed by atoms with E-state index >= 15 is 0 Å². The number of halogens is 9. The Kier molecular flexibility index (Phi) is 9.19. The molecule has 0 saturated heterocycles. The summed E-state index contributed by atoms with van der Waals surface area (Å²) in [6.07, 6.45) is -14.2. The van der Waals surface area contributed by atoms with Crippen molar-refractivity contribution in [3.05, 3.63) is 63.7 Å². The van der Waals surface area contributed by atoms with Gasteiger partial charge in [0.1, 0.15) is 6.61 Å². The summed E-state index contributed by atoms with van der Waals surface area (Å²) in [6, 6.07) is 2.69. The van der Waals surface area contributed by atoms with Crippen LogP contribution in [0, 0.1) is 6.92 Å². The van der Waals surface area contributed by atoms with Crippen LogP contribution in [0.5, 0.6) is 0 Å². The van der Waals surface area contributed by atoms with Gasteiger partial charge >= 0.3 is 24.5 Å². The van der Waals surface area contributed by atoms with Crippen LogP contribution in [0.1, 0.15) is 59.2 Å². The minimum Gasteiger partial charge on any atom is -0.464 e. The third-order valence-corrected chi connectivity index (χ3v) is 7.17. The zero-order valence-corrected chi connectivity index (χ0v) is 23.7. The summed E-state index contributed by atoms with van der Waals surface area (Å²) < 4.78 is 129. The van der Waals surface area contributed by atoms with Crippen LogP contribution < -0.4 is 15.9 Å². The summed E-state index contributed by atoms with van der Waals surface area (Å²) >= 11 is 0. The second-order valence-corrected chi connectivity index (χ2v) is 10.5. The molecule has 2 aromatic rings. The molecule has 0 spiro atoms. The summed E-state index contributed by atoms with van der Waals surface area (Å²) in [6.45, 7) is 2.11. The highest BCUT2D eigenvalue weighted by Crippen LogP contribution is 2.43. The molecule has 17 heteroatoms. The van der Waals surface area contributed by atoms with Crippen molar-refractivity contribution >= 4 is 17.6 Å². The molecule has 8 nitrogen and oxygen atoms in total. The number of carbonyl (C=O) groups excluding carboxylic acids is 1. The lowest BCUT2D eigenvalue weighted by Crippen LogP contribution is -2.46. The molecule has 44 heavy (non-hydrogen) atoms. The van der Waals surface area contributed by atoms with Gasteiger partial charge in [0.2, 0.25) is 5.96 Å². The van der Waals surface area contributed by atoms with Gasteiger partial charge in [-0.25, -0.2) is 5.53 Å². The molecule has 1 atom stereocenters. The van der Waals surface area contributed by atoms with E-state index in [4.69, 9.17) is 4.74 Å². The zero-order valence-electron chi connectivity index (χ0n) is 23.7. The molecule has 0 unspecified atom stereocenters. The first-order chi connectivity index (χ1) is 20.3. The lowest BCUT2D eigenvalue weighted by atomic mass is 9.94. The number of alkyl halides is 9. The van der Waals surface area contributed by atoms with Crippen molar-refractivity contribution in [1.29, 1.82) is 0 Å². The Morgan fingerprint density at radius 3 is 2.16 bits per heavy atom. The molecule has 2 aromatic carbocycles. The second kappa shape index (κ2) is 12.2. The van der Waals surface area contributed by atoms with E-state index in [2.05, 4.69) is 16.1 Å². The van der Waals surface area contributed by atoms with Crippen molar-refractivity contribution in [2.45, 2.75) is 57.8 Å². The molecule has 2 aliphatic heterocycles. The van der Waals surface area contributed by atoms with Crippen molar-refractivity contribution in [2.75, 3.05) is 31.6 Å².